The van der Waals surface area contributed by atoms with Crippen LogP contribution in [0.1, 0.15) is 90.4 Å². The van der Waals surface area contributed by atoms with Gasteiger partial charge in [-0.3, -0.25) is 0 Å². The molecule has 0 saturated heterocycles. The molecule has 0 saturated carbocycles. The number of hydrogen-bond donors (Lipinski definition) is 0. The summed E-state index contributed by atoms with van der Waals surface area (Å²) in [5.41, 5.74) is 8.10. The maximum absolute atomic E-state index is 11.4. The van der Waals surface area contributed by atoms with E-state index in [1.165, 1.54) is 64.2 Å². The first-order chi connectivity index (χ1) is 11.8. The largest absolute Gasteiger partial charge is 0.697 e. The highest BCUT2D eigenvalue weighted by Gasteiger charge is 2.18. The number of unbranched alkanes of at least 4 members (excludes halogenated alkanes) is 11. The van der Waals surface area contributed by atoms with Gasteiger partial charge in [-0.1, -0.05) is 82.7 Å². The summed E-state index contributed by atoms with van der Waals surface area (Å²) in [7, 11) is -2.03. The Labute approximate surface area is 148 Å². The molecule has 0 aromatic rings. The lowest BCUT2D eigenvalue weighted by atomic mass is 10.1. The molecule has 0 aliphatic carbocycles. The van der Waals surface area contributed by atoms with E-state index >= 15 is 0 Å². The number of hydrogen-bond acceptors (Lipinski definition) is 4. The van der Waals surface area contributed by atoms with Crippen LogP contribution in [0.3, 0.4) is 0 Å². The molecule has 0 aromatic carbocycles. The van der Waals surface area contributed by atoms with Crippen LogP contribution in [-0.4, -0.2) is 19.8 Å². The van der Waals surface area contributed by atoms with E-state index in [1.807, 2.05) is 0 Å². The molecule has 24 heavy (non-hydrogen) atoms. The Morgan fingerprint density at radius 1 is 0.792 bits per heavy atom. The second-order valence-corrected chi connectivity index (χ2v) is 7.05. The van der Waals surface area contributed by atoms with Crippen molar-refractivity contribution in [1.82, 2.24) is 0 Å². The Bertz CT molecular complexity index is 337. The molecular weight excluding hydrogens is 325 g/mol. The van der Waals surface area contributed by atoms with Gasteiger partial charge in [-0.15, -0.1) is 9.05 Å². The number of nitrogens with zero attached hydrogens (tertiary/aromatic N) is 3. The maximum atomic E-state index is 11.4. The molecule has 140 valence electrons. The van der Waals surface area contributed by atoms with Gasteiger partial charge >= 0.3 is 8.25 Å². The fraction of sp³-hybridized carbons (Fsp3) is 1.00. The molecule has 0 heterocycles. The minimum atomic E-state index is -2.03. The second kappa shape index (κ2) is 20.4. The molecular formula is C17H35N3O3P+. The number of azide groups is 1. The normalized spacial score (nSPS) is 11.3. The smallest absolute Gasteiger partial charge is 0.119 e. The van der Waals surface area contributed by atoms with Crippen molar-refractivity contribution in [3.05, 3.63) is 10.4 Å². The zero-order valence-corrected chi connectivity index (χ0v) is 16.2. The molecule has 0 N–H and O–H groups in total. The van der Waals surface area contributed by atoms with Crippen LogP contribution in [0.25, 0.3) is 10.4 Å². The lowest BCUT2D eigenvalue weighted by molar-refractivity contribution is 0.221. The molecule has 0 aromatic heterocycles. The lowest BCUT2D eigenvalue weighted by Crippen LogP contribution is -1.93. The molecule has 0 radical (unpaired) electrons. The van der Waals surface area contributed by atoms with Gasteiger partial charge in [-0.25, -0.2) is 0 Å². The van der Waals surface area contributed by atoms with E-state index in [2.05, 4.69) is 16.9 Å². The summed E-state index contributed by atoms with van der Waals surface area (Å²) in [6.07, 6.45) is 16.1. The van der Waals surface area contributed by atoms with Crippen molar-refractivity contribution >= 4 is 8.25 Å². The minimum Gasteiger partial charge on any atom is -0.119 e. The first-order valence-electron chi connectivity index (χ1n) is 9.55. The van der Waals surface area contributed by atoms with Crippen LogP contribution in [0.2, 0.25) is 0 Å². The maximum Gasteiger partial charge on any atom is 0.697 e. The molecule has 1 atom stereocenters. The lowest BCUT2D eigenvalue weighted by Gasteiger charge is -2.02. The van der Waals surface area contributed by atoms with E-state index < -0.39 is 8.25 Å². The van der Waals surface area contributed by atoms with Gasteiger partial charge in [0.05, 0.1) is 0 Å². The van der Waals surface area contributed by atoms with Crippen molar-refractivity contribution in [1.29, 1.82) is 0 Å². The summed E-state index contributed by atoms with van der Waals surface area (Å²) in [6, 6.07) is 0. The third kappa shape index (κ3) is 19.4. The van der Waals surface area contributed by atoms with E-state index in [0.29, 0.717) is 26.2 Å². The number of rotatable bonds is 19. The minimum absolute atomic E-state index is 0.298. The van der Waals surface area contributed by atoms with Crippen molar-refractivity contribution in [2.24, 2.45) is 5.11 Å². The summed E-state index contributed by atoms with van der Waals surface area (Å²) in [5.74, 6) is 0. The monoisotopic (exact) mass is 360 g/mol. The van der Waals surface area contributed by atoms with Crippen LogP contribution < -0.4 is 0 Å². The predicted octanol–water partition coefficient (Wildman–Crippen LogP) is 7.08. The summed E-state index contributed by atoms with van der Waals surface area (Å²) < 4.78 is 21.5. The Kier molecular flexibility index (Phi) is 19.8. The molecule has 0 aliphatic rings. The molecule has 0 amide bonds. The van der Waals surface area contributed by atoms with Gasteiger partial charge < -0.3 is 0 Å². The summed E-state index contributed by atoms with van der Waals surface area (Å²) in [4.78, 5) is 2.63. The summed E-state index contributed by atoms with van der Waals surface area (Å²) >= 11 is 0. The topological polar surface area (TPSA) is 84.3 Å². The Hall–Kier alpha value is -0.670. The van der Waals surface area contributed by atoms with Crippen LogP contribution in [0.5, 0.6) is 0 Å². The molecule has 0 bridgehead atoms. The van der Waals surface area contributed by atoms with E-state index in [4.69, 9.17) is 14.6 Å². The third-order valence-electron chi connectivity index (χ3n) is 3.86. The van der Waals surface area contributed by atoms with Crippen LogP contribution in [0.15, 0.2) is 5.11 Å². The highest BCUT2D eigenvalue weighted by atomic mass is 31.1. The van der Waals surface area contributed by atoms with Crippen molar-refractivity contribution in [3.63, 3.8) is 0 Å². The van der Waals surface area contributed by atoms with Crippen molar-refractivity contribution in [2.75, 3.05) is 19.8 Å². The van der Waals surface area contributed by atoms with Crippen LogP contribution >= 0.6 is 8.25 Å². The Morgan fingerprint density at radius 2 is 1.25 bits per heavy atom. The zero-order valence-electron chi connectivity index (χ0n) is 15.3. The van der Waals surface area contributed by atoms with Gasteiger partial charge in [0.25, 0.3) is 0 Å². The summed E-state index contributed by atoms with van der Waals surface area (Å²) in [5, 5.41) is 3.37. The van der Waals surface area contributed by atoms with Crippen LogP contribution in [-0.2, 0) is 13.6 Å². The van der Waals surface area contributed by atoms with Gasteiger partial charge in [0.1, 0.15) is 13.2 Å². The predicted molar refractivity (Wildman–Crippen MR) is 99.2 cm³/mol. The molecule has 1 unspecified atom stereocenters. The molecule has 0 rings (SSSR count). The quantitative estimate of drug-likeness (QED) is 0.0811. The molecule has 6 nitrogen and oxygen atoms in total. The van der Waals surface area contributed by atoms with Crippen LogP contribution in [0.4, 0.5) is 0 Å². The van der Waals surface area contributed by atoms with Crippen molar-refractivity contribution < 1.29 is 13.6 Å². The first-order valence-corrected chi connectivity index (χ1v) is 10.6. The van der Waals surface area contributed by atoms with Crippen LogP contribution in [0, 0.1) is 0 Å². The third-order valence-corrected chi connectivity index (χ3v) is 4.64. The molecule has 0 fully saturated rings. The van der Waals surface area contributed by atoms with Gasteiger partial charge in [0.2, 0.25) is 0 Å². The fourth-order valence-electron chi connectivity index (χ4n) is 2.44. The Balaban J connectivity index is 3.13. The molecule has 0 aliphatic heterocycles. The SMILES string of the molecule is CCCCCCCCCCCCCCO[P+](=O)OCCCN=[N+]=[N-]. The highest BCUT2D eigenvalue weighted by molar-refractivity contribution is 7.33. The average molecular weight is 360 g/mol. The van der Waals surface area contributed by atoms with E-state index in [1.54, 1.807) is 0 Å². The van der Waals surface area contributed by atoms with E-state index in [0.717, 1.165) is 12.8 Å². The molecule has 7 heteroatoms. The van der Waals surface area contributed by atoms with Crippen molar-refractivity contribution in [2.45, 2.75) is 90.4 Å². The standard InChI is InChI=1S/C17H35N3O3P/c1-2-3-4-5-6-7-8-9-10-11-12-13-16-22-24(21)23-17-14-15-19-20-18/h2-17H2,1H3/q+1. The van der Waals surface area contributed by atoms with Gasteiger partial charge in [-0.2, -0.15) is 0 Å². The van der Waals surface area contributed by atoms with E-state index in [-0.39, 0.29) is 0 Å². The van der Waals surface area contributed by atoms with Gasteiger partial charge in [-0.05, 0) is 18.4 Å². The second-order valence-electron chi connectivity index (χ2n) is 6.09. The first kappa shape index (κ1) is 23.3. The van der Waals surface area contributed by atoms with Gasteiger partial charge in [0.15, 0.2) is 0 Å². The molecule has 0 spiro atoms. The fourth-order valence-corrected chi connectivity index (χ4v) is 3.07. The highest BCUT2D eigenvalue weighted by Crippen LogP contribution is 2.24. The van der Waals surface area contributed by atoms with Crippen molar-refractivity contribution in [3.8, 4) is 0 Å². The average Bonchev–Trinajstić information content (AvgIpc) is 2.59. The summed E-state index contributed by atoms with van der Waals surface area (Å²) in [6.45, 7) is 3.40. The van der Waals surface area contributed by atoms with Gasteiger partial charge in [0, 0.05) is 16.0 Å². The van der Waals surface area contributed by atoms with E-state index in [9.17, 15) is 4.57 Å². The zero-order chi connectivity index (χ0) is 17.7. The Morgan fingerprint density at radius 3 is 1.75 bits per heavy atom.